The molecule has 6 heterocycles. The minimum Gasteiger partial charge on any atom is -0.488 e. The summed E-state index contributed by atoms with van der Waals surface area (Å²) in [4.78, 5) is 50.4. The number of hydrogen-bond donors (Lipinski definition) is 3. The third kappa shape index (κ3) is 11.2. The molecule has 3 saturated heterocycles. The van der Waals surface area contributed by atoms with Gasteiger partial charge in [-0.05, 0) is 30.9 Å². The summed E-state index contributed by atoms with van der Waals surface area (Å²) in [6, 6.07) is 0. The number of anilines is 2. The number of nitrogens with zero attached hydrogens (tertiary/aromatic N) is 8. The zero-order chi connectivity index (χ0) is 38.0. The van der Waals surface area contributed by atoms with Gasteiger partial charge >= 0.3 is 7.60 Å². The van der Waals surface area contributed by atoms with E-state index in [2.05, 4.69) is 40.8 Å². The predicted molar refractivity (Wildman–Crippen MR) is 197 cm³/mol. The molecule has 22 heteroatoms. The molecular weight excluding hydrogens is 770 g/mol. The number of terminal acetylenes is 1. The normalized spacial score (nSPS) is 20.5. The van der Waals surface area contributed by atoms with Crippen molar-refractivity contribution in [2.45, 2.75) is 31.6 Å². The van der Waals surface area contributed by atoms with Gasteiger partial charge in [-0.15, -0.1) is 6.42 Å². The first-order valence-corrected chi connectivity index (χ1v) is 21.1. The monoisotopic (exact) mass is 814 g/mol. The molecule has 0 aromatic carbocycles. The van der Waals surface area contributed by atoms with Crippen LogP contribution in [0.15, 0.2) is 18.6 Å². The van der Waals surface area contributed by atoms with Crippen LogP contribution in [0.1, 0.15) is 25.5 Å². The molecule has 3 aliphatic heterocycles. The first kappa shape index (κ1) is 40.8. The SMILES string of the molecule is C#CCOCCOCCOCCOCCOc1cnc(N2CCC3(C2)CN(c2nc(Cl)nc4c2cnn4C2CCC(COP(=O)(O)CP(O)O)O2)C3)nc1. The molecule has 3 aromatic heterocycles. The Bertz CT molecular complexity index is 1750. The molecule has 54 heavy (non-hydrogen) atoms. The molecule has 1 spiro atoms. The van der Waals surface area contributed by atoms with E-state index < -0.39 is 34.2 Å². The lowest BCUT2D eigenvalue weighted by Gasteiger charge is -2.48. The van der Waals surface area contributed by atoms with E-state index in [1.807, 2.05) is 0 Å². The van der Waals surface area contributed by atoms with Gasteiger partial charge in [-0.1, -0.05) is 5.92 Å². The van der Waals surface area contributed by atoms with Crippen molar-refractivity contribution in [2.75, 3.05) is 108 Å². The van der Waals surface area contributed by atoms with Gasteiger partial charge in [0.25, 0.3) is 0 Å². The van der Waals surface area contributed by atoms with Crippen LogP contribution in [0.25, 0.3) is 11.0 Å². The highest BCUT2D eigenvalue weighted by Crippen LogP contribution is 2.51. The van der Waals surface area contributed by atoms with E-state index in [-0.39, 0.29) is 23.9 Å². The second-order valence-corrected chi connectivity index (χ2v) is 16.8. The van der Waals surface area contributed by atoms with Gasteiger partial charge in [-0.25, -0.2) is 14.6 Å². The lowest BCUT2D eigenvalue weighted by molar-refractivity contribution is -0.0230. The summed E-state index contributed by atoms with van der Waals surface area (Å²) in [5, 5.41) is 5.37. The van der Waals surface area contributed by atoms with Crippen LogP contribution < -0.4 is 14.5 Å². The third-order valence-electron chi connectivity index (χ3n) is 9.02. The molecule has 3 aromatic rings. The molecule has 0 aliphatic carbocycles. The van der Waals surface area contributed by atoms with Crippen LogP contribution in [-0.2, 0) is 32.8 Å². The average Bonchev–Trinajstić information content (AvgIpc) is 3.89. The maximum absolute atomic E-state index is 12.0. The predicted octanol–water partition coefficient (Wildman–Crippen LogP) is 2.20. The highest BCUT2D eigenvalue weighted by Gasteiger charge is 2.49. The molecule has 0 amide bonds. The van der Waals surface area contributed by atoms with Gasteiger partial charge in [0.2, 0.25) is 11.2 Å². The Morgan fingerprint density at radius 1 is 0.963 bits per heavy atom. The Morgan fingerprint density at radius 2 is 1.63 bits per heavy atom. The van der Waals surface area contributed by atoms with Crippen LogP contribution in [0.4, 0.5) is 11.8 Å². The molecule has 0 bridgehead atoms. The van der Waals surface area contributed by atoms with Crippen molar-refractivity contribution >= 4 is 50.4 Å². The van der Waals surface area contributed by atoms with Crippen LogP contribution in [-0.4, -0.2) is 149 Å². The zero-order valence-corrected chi connectivity index (χ0v) is 32.2. The van der Waals surface area contributed by atoms with Crippen molar-refractivity contribution in [3.05, 3.63) is 23.9 Å². The molecule has 3 aliphatic rings. The Balaban J connectivity index is 0.906. The van der Waals surface area contributed by atoms with Crippen molar-refractivity contribution in [1.29, 1.82) is 0 Å². The van der Waals surface area contributed by atoms with E-state index in [0.717, 1.165) is 38.0 Å². The first-order chi connectivity index (χ1) is 26.1. The largest absolute Gasteiger partial charge is 0.488 e. The van der Waals surface area contributed by atoms with Crippen molar-refractivity contribution < 1.29 is 52.2 Å². The minimum atomic E-state index is -4.14. The van der Waals surface area contributed by atoms with Gasteiger partial charge in [0.15, 0.2) is 26.0 Å². The first-order valence-electron chi connectivity index (χ1n) is 17.5. The van der Waals surface area contributed by atoms with E-state index in [1.165, 1.54) is 0 Å². The second kappa shape index (κ2) is 19.4. The van der Waals surface area contributed by atoms with Gasteiger partial charge in [-0.2, -0.15) is 15.1 Å². The van der Waals surface area contributed by atoms with Crippen molar-refractivity contribution in [3.63, 3.8) is 0 Å². The fourth-order valence-corrected chi connectivity index (χ4v) is 8.72. The molecule has 19 nitrogen and oxygen atoms in total. The number of aromatic nitrogens is 6. The second-order valence-electron chi connectivity index (χ2n) is 13.1. The minimum absolute atomic E-state index is 0.0465. The number of hydrogen-bond acceptors (Lipinski definition) is 17. The number of fused-ring (bicyclic) bond motifs is 1. The maximum Gasteiger partial charge on any atom is 0.337 e. The van der Waals surface area contributed by atoms with E-state index >= 15 is 0 Å². The van der Waals surface area contributed by atoms with Gasteiger partial charge < -0.3 is 57.4 Å². The third-order valence-corrected chi connectivity index (χ3v) is 12.2. The standard InChI is InChI=1S/C32H45ClN8O11P2/c1-2-7-46-8-9-47-10-11-48-12-13-49-14-15-50-25-16-34-31(35-17-25)39-6-5-32(20-39)21-40(22-32)28-26-18-36-41(29(26)38-30(33)37-28)27-4-3-24(52-27)19-51-54(44,45)23-53(42)43/h1,16-18,24,27,42-43H,3-15,19-23H2,(H,44,45). The Labute approximate surface area is 318 Å². The highest BCUT2D eigenvalue weighted by molar-refractivity contribution is 7.67. The summed E-state index contributed by atoms with van der Waals surface area (Å²) in [5.74, 6) is 3.60. The van der Waals surface area contributed by atoms with Gasteiger partial charge in [-0.3, -0.25) is 4.57 Å². The van der Waals surface area contributed by atoms with E-state index in [9.17, 15) is 9.46 Å². The zero-order valence-electron chi connectivity index (χ0n) is 29.6. The summed E-state index contributed by atoms with van der Waals surface area (Å²) < 4.78 is 52.1. The topological polar surface area (TPSA) is 218 Å². The lowest BCUT2D eigenvalue weighted by Crippen LogP contribution is -2.58. The summed E-state index contributed by atoms with van der Waals surface area (Å²) in [6.07, 6.45) is 11.3. The fraction of sp³-hybridized carbons (Fsp3) is 0.656. The van der Waals surface area contributed by atoms with Crippen LogP contribution in [0.2, 0.25) is 5.28 Å². The van der Waals surface area contributed by atoms with Crippen LogP contribution in [0.3, 0.4) is 0 Å². The van der Waals surface area contributed by atoms with Crippen molar-refractivity contribution in [3.8, 4) is 18.1 Å². The molecular formula is C32H45ClN8O11P2. The van der Waals surface area contributed by atoms with Gasteiger partial charge in [0.1, 0.15) is 24.9 Å². The smallest absolute Gasteiger partial charge is 0.337 e. The number of halogens is 1. The molecule has 6 rings (SSSR count). The summed E-state index contributed by atoms with van der Waals surface area (Å²) in [5.41, 5.74) is 0.572. The Morgan fingerprint density at radius 3 is 2.31 bits per heavy atom. The average molecular weight is 815 g/mol. The molecule has 0 saturated carbocycles. The van der Waals surface area contributed by atoms with Crippen LogP contribution in [0, 0.1) is 17.8 Å². The number of ether oxygens (including phenoxy) is 6. The quantitative estimate of drug-likeness (QED) is 0.0573. The molecule has 3 fully saturated rings. The maximum atomic E-state index is 12.0. The molecule has 3 N–H and O–H groups in total. The molecule has 3 atom stereocenters. The van der Waals surface area contributed by atoms with E-state index in [4.69, 9.17) is 60.8 Å². The Hall–Kier alpha value is -2.82. The summed E-state index contributed by atoms with van der Waals surface area (Å²) in [7, 11) is -6.69. The molecule has 0 radical (unpaired) electrons. The lowest BCUT2D eigenvalue weighted by atomic mass is 9.79. The molecule has 3 unspecified atom stereocenters. The van der Waals surface area contributed by atoms with Crippen LogP contribution >= 0.6 is 27.6 Å². The van der Waals surface area contributed by atoms with Crippen molar-refractivity contribution in [2.24, 2.45) is 5.41 Å². The van der Waals surface area contributed by atoms with E-state index in [1.54, 1.807) is 23.3 Å². The van der Waals surface area contributed by atoms with Gasteiger partial charge in [0.05, 0.1) is 82.9 Å². The van der Waals surface area contributed by atoms with E-state index in [0.29, 0.717) is 88.9 Å². The Kier molecular flexibility index (Phi) is 14.6. The summed E-state index contributed by atoms with van der Waals surface area (Å²) in [6.45, 7) is 6.85. The summed E-state index contributed by atoms with van der Waals surface area (Å²) >= 11 is 6.41. The molecule has 296 valence electrons. The number of rotatable bonds is 22. The van der Waals surface area contributed by atoms with Gasteiger partial charge in [0, 0.05) is 31.6 Å². The van der Waals surface area contributed by atoms with Crippen molar-refractivity contribution in [1.82, 2.24) is 29.7 Å². The highest BCUT2D eigenvalue weighted by atomic mass is 35.5. The van der Waals surface area contributed by atoms with Crippen LogP contribution in [0.5, 0.6) is 5.75 Å². The fourth-order valence-electron chi connectivity index (χ4n) is 6.56.